The van der Waals surface area contributed by atoms with E-state index >= 15 is 0 Å². The van der Waals surface area contributed by atoms with Crippen molar-refractivity contribution in [3.05, 3.63) is 0 Å². The number of carbonyl (C=O) groups excluding carboxylic acids is 3. The van der Waals surface area contributed by atoms with Gasteiger partial charge in [0.15, 0.2) is 6.61 Å². The molecule has 0 radical (unpaired) electrons. The van der Waals surface area contributed by atoms with Crippen molar-refractivity contribution in [2.24, 2.45) is 17.3 Å². The summed E-state index contributed by atoms with van der Waals surface area (Å²) in [6.07, 6.45) is 7.25. The number of hydrogen-bond acceptors (Lipinski definition) is 5. The first-order valence-electron chi connectivity index (χ1n) is 10.9. The van der Waals surface area contributed by atoms with Crippen LogP contribution in [0.3, 0.4) is 0 Å². The largest absolute Gasteiger partial charge is 0.455 e. The molecule has 1 N–H and O–H groups in total. The first kappa shape index (κ1) is 20.9. The number of esters is 1. The highest BCUT2D eigenvalue weighted by molar-refractivity contribution is 9.10. The summed E-state index contributed by atoms with van der Waals surface area (Å²) in [5, 5.41) is 2.94. The molecule has 29 heavy (non-hydrogen) atoms. The molecule has 0 aromatic carbocycles. The zero-order valence-corrected chi connectivity index (χ0v) is 18.7. The summed E-state index contributed by atoms with van der Waals surface area (Å²) in [7, 11) is 0. The van der Waals surface area contributed by atoms with Gasteiger partial charge >= 0.3 is 12.1 Å². The summed E-state index contributed by atoms with van der Waals surface area (Å²) in [5.41, 5.74) is -0.404. The lowest BCUT2D eigenvalue weighted by Crippen LogP contribution is -2.56. The lowest BCUT2D eigenvalue weighted by molar-refractivity contribution is -0.171. The minimum absolute atomic E-state index is 0.00256. The number of ether oxygens (including phenoxy) is 2. The van der Waals surface area contributed by atoms with Crippen LogP contribution in [-0.4, -0.2) is 59.5 Å². The molecule has 1 heterocycles. The second kappa shape index (κ2) is 8.08. The number of likely N-dealkylation sites (tertiary alicyclic amines) is 1. The number of hydrogen-bond donors (Lipinski definition) is 1. The third-order valence-electron chi connectivity index (χ3n) is 7.14. The van der Waals surface area contributed by atoms with E-state index in [4.69, 9.17) is 9.47 Å². The maximum Gasteiger partial charge on any atom is 0.409 e. The molecule has 2 amide bonds. The van der Waals surface area contributed by atoms with E-state index in [1.165, 1.54) is 6.42 Å². The second-order valence-corrected chi connectivity index (χ2v) is 11.2. The first-order valence-corrected chi connectivity index (χ1v) is 11.7. The molecule has 5 aliphatic rings. The van der Waals surface area contributed by atoms with Crippen molar-refractivity contribution < 1.29 is 23.9 Å². The average Bonchev–Trinajstić information content (AvgIpc) is 2.65. The highest BCUT2D eigenvalue weighted by Gasteiger charge is 2.60. The molecule has 8 heteroatoms. The van der Waals surface area contributed by atoms with Gasteiger partial charge in [0, 0.05) is 23.5 Å². The Kier molecular flexibility index (Phi) is 5.84. The summed E-state index contributed by atoms with van der Waals surface area (Å²) >= 11 is 3.91. The molecule has 4 saturated carbocycles. The fraction of sp³-hybridized carbons (Fsp3) is 0.857. The van der Waals surface area contributed by atoms with Gasteiger partial charge in [0.05, 0.1) is 12.0 Å². The minimum Gasteiger partial charge on any atom is -0.455 e. The number of nitrogens with one attached hydrogen (secondary N) is 1. The van der Waals surface area contributed by atoms with Gasteiger partial charge in [0.1, 0.15) is 0 Å². The highest BCUT2D eigenvalue weighted by Crippen LogP contribution is 2.64. The van der Waals surface area contributed by atoms with Gasteiger partial charge in [-0.1, -0.05) is 15.9 Å². The Labute approximate surface area is 180 Å². The van der Waals surface area contributed by atoms with Crippen molar-refractivity contribution >= 4 is 33.9 Å². The van der Waals surface area contributed by atoms with Crippen LogP contribution >= 0.6 is 15.9 Å². The van der Waals surface area contributed by atoms with Gasteiger partial charge in [-0.05, 0) is 70.1 Å². The van der Waals surface area contributed by atoms with Crippen LogP contribution in [0, 0.1) is 17.3 Å². The Balaban J connectivity index is 1.22. The Hall–Kier alpha value is -1.31. The summed E-state index contributed by atoms with van der Waals surface area (Å²) in [4.78, 5) is 38.7. The molecule has 0 aromatic heterocycles. The third kappa shape index (κ3) is 4.42. The Morgan fingerprint density at radius 2 is 1.72 bits per heavy atom. The Morgan fingerprint density at radius 3 is 2.31 bits per heavy atom. The summed E-state index contributed by atoms with van der Waals surface area (Å²) in [5.74, 6) is 0.747. The molecule has 0 aromatic rings. The van der Waals surface area contributed by atoms with E-state index in [1.54, 1.807) is 11.8 Å². The van der Waals surface area contributed by atoms with E-state index in [0.717, 1.165) is 32.1 Å². The summed E-state index contributed by atoms with van der Waals surface area (Å²) < 4.78 is 10.6. The van der Waals surface area contributed by atoms with E-state index in [0.29, 0.717) is 44.4 Å². The van der Waals surface area contributed by atoms with Gasteiger partial charge in [-0.25, -0.2) is 4.79 Å². The fourth-order valence-corrected chi connectivity index (χ4v) is 7.82. The molecular weight excluding hydrogens is 440 g/mol. The molecule has 1 saturated heterocycles. The van der Waals surface area contributed by atoms with E-state index in [9.17, 15) is 14.4 Å². The van der Waals surface area contributed by atoms with Crippen LogP contribution in [0.5, 0.6) is 0 Å². The van der Waals surface area contributed by atoms with Gasteiger partial charge in [-0.15, -0.1) is 0 Å². The molecule has 5 fully saturated rings. The Bertz CT molecular complexity index is 662. The maximum atomic E-state index is 12.9. The van der Waals surface area contributed by atoms with Gasteiger partial charge in [-0.3, -0.25) is 9.59 Å². The number of alkyl halides is 1. The summed E-state index contributed by atoms with van der Waals surface area (Å²) in [6.45, 7) is 3.04. The topological polar surface area (TPSA) is 84.9 Å². The standard InChI is InChI=1S/C21H31BrN2O5/c1-2-28-19(27)24-5-3-16(4-6-24)23-17(25)12-29-18(26)20-8-14-7-15(9-20)11-21(22,10-14)13-20/h14-16H,2-13H2,1H3,(H,23,25). The SMILES string of the molecule is CCOC(=O)N1CCC(NC(=O)COC(=O)C23CC4CC(CC(Br)(C4)C2)C3)CC1. The van der Waals surface area contributed by atoms with E-state index in [-0.39, 0.29) is 34.9 Å². The molecule has 1 aliphatic heterocycles. The lowest BCUT2D eigenvalue weighted by atomic mass is 9.49. The van der Waals surface area contributed by atoms with Gasteiger partial charge < -0.3 is 19.7 Å². The second-order valence-electron chi connectivity index (χ2n) is 9.50. The number of rotatable bonds is 5. The van der Waals surface area contributed by atoms with Crippen molar-refractivity contribution in [1.29, 1.82) is 0 Å². The molecule has 5 rings (SSSR count). The molecule has 2 atom stereocenters. The molecule has 0 spiro atoms. The third-order valence-corrected chi connectivity index (χ3v) is 8.07. The Morgan fingerprint density at radius 1 is 1.07 bits per heavy atom. The average molecular weight is 471 g/mol. The van der Waals surface area contributed by atoms with Crippen LogP contribution < -0.4 is 5.32 Å². The van der Waals surface area contributed by atoms with Crippen molar-refractivity contribution in [3.63, 3.8) is 0 Å². The van der Waals surface area contributed by atoms with E-state index in [2.05, 4.69) is 21.2 Å². The normalized spacial score (nSPS) is 36.0. The number of amides is 2. The van der Waals surface area contributed by atoms with Crippen LogP contribution in [0.15, 0.2) is 0 Å². The minimum atomic E-state index is -0.404. The van der Waals surface area contributed by atoms with Crippen molar-refractivity contribution in [1.82, 2.24) is 10.2 Å². The van der Waals surface area contributed by atoms with Crippen LogP contribution in [-0.2, 0) is 19.1 Å². The van der Waals surface area contributed by atoms with E-state index < -0.39 is 5.41 Å². The van der Waals surface area contributed by atoms with Gasteiger partial charge in [-0.2, -0.15) is 0 Å². The molecule has 162 valence electrons. The highest BCUT2D eigenvalue weighted by atomic mass is 79.9. The van der Waals surface area contributed by atoms with Gasteiger partial charge in [0.2, 0.25) is 0 Å². The first-order chi connectivity index (χ1) is 13.8. The number of halogens is 1. The number of piperidine rings is 1. The van der Waals surface area contributed by atoms with E-state index in [1.807, 2.05) is 0 Å². The van der Waals surface area contributed by atoms with Crippen LogP contribution in [0.1, 0.15) is 58.3 Å². The zero-order chi connectivity index (χ0) is 20.6. The predicted octanol–water partition coefficient (Wildman–Crippen LogP) is 3.00. The smallest absolute Gasteiger partial charge is 0.409 e. The van der Waals surface area contributed by atoms with Crippen LogP contribution in [0.25, 0.3) is 0 Å². The molecular formula is C21H31BrN2O5. The number of nitrogens with zero attached hydrogens (tertiary/aromatic N) is 1. The molecule has 4 aliphatic carbocycles. The predicted molar refractivity (Wildman–Crippen MR) is 109 cm³/mol. The van der Waals surface area contributed by atoms with Crippen molar-refractivity contribution in [2.45, 2.75) is 68.7 Å². The quantitative estimate of drug-likeness (QED) is 0.492. The molecule has 2 unspecified atom stereocenters. The van der Waals surface area contributed by atoms with Crippen LogP contribution in [0.4, 0.5) is 4.79 Å². The molecule has 4 bridgehead atoms. The van der Waals surface area contributed by atoms with Crippen LogP contribution in [0.2, 0.25) is 0 Å². The summed E-state index contributed by atoms with van der Waals surface area (Å²) in [6, 6.07) is -0.00256. The van der Waals surface area contributed by atoms with Crippen molar-refractivity contribution in [3.8, 4) is 0 Å². The molecule has 7 nitrogen and oxygen atoms in total. The zero-order valence-electron chi connectivity index (χ0n) is 17.1. The van der Waals surface area contributed by atoms with Crippen molar-refractivity contribution in [2.75, 3.05) is 26.3 Å². The monoisotopic (exact) mass is 470 g/mol. The number of carbonyl (C=O) groups is 3. The fourth-order valence-electron chi connectivity index (χ4n) is 6.36. The van der Waals surface area contributed by atoms with Gasteiger partial charge in [0.25, 0.3) is 5.91 Å². The lowest BCUT2D eigenvalue weighted by Gasteiger charge is -2.58. The maximum absolute atomic E-state index is 12.9.